The Kier molecular flexibility index (Phi) is 9.28. The van der Waals surface area contributed by atoms with Gasteiger partial charge in [0, 0.05) is 26.2 Å². The van der Waals surface area contributed by atoms with Gasteiger partial charge in [0.2, 0.25) is 5.91 Å². The lowest BCUT2D eigenvalue weighted by Gasteiger charge is -2.20. The van der Waals surface area contributed by atoms with Crippen LogP contribution in [0.1, 0.15) is 26.7 Å². The van der Waals surface area contributed by atoms with E-state index in [0.717, 1.165) is 6.42 Å². The quantitative estimate of drug-likeness (QED) is 0.358. The average molecular weight is 446 g/mol. The van der Waals surface area contributed by atoms with E-state index in [-0.39, 0.29) is 60.0 Å². The summed E-state index contributed by atoms with van der Waals surface area (Å²) in [5.74, 6) is 0.731. The van der Waals surface area contributed by atoms with E-state index in [1.54, 1.807) is 14.1 Å². The summed E-state index contributed by atoms with van der Waals surface area (Å²) in [5.41, 5.74) is 0. The fourth-order valence-electron chi connectivity index (χ4n) is 1.86. The molecule has 1 amide bonds. The molecule has 0 radical (unpaired) electrons. The molecular formula is C13H27IN4O3S. The number of hydrogen-bond donors (Lipinski definition) is 2. The molecule has 1 saturated heterocycles. The Morgan fingerprint density at radius 2 is 2.05 bits per heavy atom. The van der Waals surface area contributed by atoms with Crippen LogP contribution in [0.25, 0.3) is 0 Å². The second-order valence-corrected chi connectivity index (χ2v) is 7.88. The number of carbonyl (C=O) groups is 1. The van der Waals surface area contributed by atoms with Gasteiger partial charge in [0.25, 0.3) is 0 Å². The summed E-state index contributed by atoms with van der Waals surface area (Å²) in [6, 6.07) is 0.0588. The molecule has 0 aromatic rings. The van der Waals surface area contributed by atoms with Gasteiger partial charge in [-0.3, -0.25) is 4.79 Å². The fourth-order valence-corrected chi connectivity index (χ4v) is 3.53. The zero-order valence-electron chi connectivity index (χ0n) is 13.6. The van der Waals surface area contributed by atoms with Crippen LogP contribution in [0.15, 0.2) is 4.99 Å². The Bertz CT molecular complexity index is 494. The lowest BCUT2D eigenvalue weighted by molar-refractivity contribution is -0.127. The standard InChI is InChI=1S/C13H26N4O3S.HI/c1-5-10(2)15-13(14-8-12(18)17(3)4)16-11-6-7-21(19,20)9-11;/h10-11H,5-9H2,1-4H3,(H2,14,15,16);1H. The molecule has 0 aromatic carbocycles. The summed E-state index contributed by atoms with van der Waals surface area (Å²) in [7, 11) is 0.414. The lowest BCUT2D eigenvalue weighted by Crippen LogP contribution is -2.47. The molecule has 130 valence electrons. The maximum Gasteiger partial charge on any atom is 0.243 e. The van der Waals surface area contributed by atoms with Gasteiger partial charge in [-0.25, -0.2) is 13.4 Å². The van der Waals surface area contributed by atoms with E-state index in [0.29, 0.717) is 12.4 Å². The smallest absolute Gasteiger partial charge is 0.243 e. The van der Waals surface area contributed by atoms with Gasteiger partial charge in [0.05, 0.1) is 11.5 Å². The van der Waals surface area contributed by atoms with E-state index in [2.05, 4.69) is 15.6 Å². The molecule has 0 bridgehead atoms. The monoisotopic (exact) mass is 446 g/mol. The van der Waals surface area contributed by atoms with Crippen LogP contribution in [-0.2, 0) is 14.6 Å². The van der Waals surface area contributed by atoms with Crippen molar-refractivity contribution in [2.75, 3.05) is 32.1 Å². The molecule has 1 fully saturated rings. The SMILES string of the molecule is CCC(C)NC(=NCC(=O)N(C)C)NC1CCS(=O)(=O)C1.I. The summed E-state index contributed by atoms with van der Waals surface area (Å²) in [5, 5.41) is 6.31. The number of guanidine groups is 1. The molecule has 0 spiro atoms. The molecule has 0 saturated carbocycles. The maximum absolute atomic E-state index is 11.6. The highest BCUT2D eigenvalue weighted by Gasteiger charge is 2.28. The summed E-state index contributed by atoms with van der Waals surface area (Å²) in [4.78, 5) is 17.3. The Morgan fingerprint density at radius 3 is 2.50 bits per heavy atom. The molecule has 7 nitrogen and oxygen atoms in total. The minimum atomic E-state index is -2.94. The van der Waals surface area contributed by atoms with Gasteiger partial charge in [0.1, 0.15) is 6.54 Å². The van der Waals surface area contributed by atoms with Crippen LogP contribution >= 0.6 is 24.0 Å². The van der Waals surface area contributed by atoms with Crippen molar-refractivity contribution in [2.45, 2.75) is 38.8 Å². The van der Waals surface area contributed by atoms with Crippen LogP contribution in [0, 0.1) is 0 Å². The Morgan fingerprint density at radius 1 is 1.41 bits per heavy atom. The first-order valence-electron chi connectivity index (χ1n) is 7.21. The predicted octanol–water partition coefficient (Wildman–Crippen LogP) is 0.213. The molecule has 1 rings (SSSR count). The second kappa shape index (κ2) is 9.53. The lowest BCUT2D eigenvalue weighted by atomic mass is 10.2. The molecule has 9 heteroatoms. The molecule has 0 aliphatic carbocycles. The zero-order chi connectivity index (χ0) is 16.0. The number of nitrogens with one attached hydrogen (secondary N) is 2. The van der Waals surface area contributed by atoms with Crippen molar-refractivity contribution >= 4 is 45.7 Å². The van der Waals surface area contributed by atoms with E-state index >= 15 is 0 Å². The highest BCUT2D eigenvalue weighted by Crippen LogP contribution is 2.11. The molecule has 2 atom stereocenters. The van der Waals surface area contributed by atoms with E-state index < -0.39 is 9.84 Å². The van der Waals surface area contributed by atoms with Crippen LogP contribution in [0.3, 0.4) is 0 Å². The topological polar surface area (TPSA) is 90.9 Å². The first-order valence-corrected chi connectivity index (χ1v) is 9.03. The third-order valence-corrected chi connectivity index (χ3v) is 5.21. The van der Waals surface area contributed by atoms with Gasteiger partial charge < -0.3 is 15.5 Å². The van der Waals surface area contributed by atoms with Gasteiger partial charge in [-0.2, -0.15) is 0 Å². The van der Waals surface area contributed by atoms with Crippen molar-refractivity contribution in [1.82, 2.24) is 15.5 Å². The minimum absolute atomic E-state index is 0. The largest absolute Gasteiger partial charge is 0.354 e. The van der Waals surface area contributed by atoms with E-state index in [9.17, 15) is 13.2 Å². The van der Waals surface area contributed by atoms with Gasteiger partial charge in [-0.1, -0.05) is 6.92 Å². The summed E-state index contributed by atoms with van der Waals surface area (Å²) in [6.07, 6.45) is 1.48. The molecule has 0 aromatic heterocycles. The van der Waals surface area contributed by atoms with Crippen LogP contribution in [0.5, 0.6) is 0 Å². The van der Waals surface area contributed by atoms with Crippen LogP contribution in [0.2, 0.25) is 0 Å². The first-order chi connectivity index (χ1) is 9.73. The van der Waals surface area contributed by atoms with Crippen molar-refractivity contribution in [3.05, 3.63) is 0 Å². The number of hydrogen-bond acceptors (Lipinski definition) is 4. The molecule has 1 heterocycles. The van der Waals surface area contributed by atoms with E-state index in [1.807, 2.05) is 13.8 Å². The predicted molar refractivity (Wildman–Crippen MR) is 99.5 cm³/mol. The number of aliphatic imine (C=N–C) groups is 1. The Labute approximate surface area is 150 Å². The van der Waals surface area contributed by atoms with Crippen molar-refractivity contribution < 1.29 is 13.2 Å². The molecular weight excluding hydrogens is 419 g/mol. The minimum Gasteiger partial charge on any atom is -0.354 e. The van der Waals surface area contributed by atoms with E-state index in [4.69, 9.17) is 0 Å². The number of likely N-dealkylation sites (N-methyl/N-ethyl adjacent to an activating group) is 1. The Balaban J connectivity index is 0.00000441. The molecule has 1 aliphatic rings. The van der Waals surface area contributed by atoms with Crippen LogP contribution in [-0.4, -0.2) is 69.4 Å². The van der Waals surface area contributed by atoms with Gasteiger partial charge in [-0.15, -0.1) is 24.0 Å². The number of rotatable bonds is 5. The van der Waals surface area contributed by atoms with Gasteiger partial charge in [0.15, 0.2) is 15.8 Å². The number of nitrogens with zero attached hydrogens (tertiary/aromatic N) is 2. The molecule has 22 heavy (non-hydrogen) atoms. The first kappa shape index (κ1) is 21.4. The third-order valence-electron chi connectivity index (χ3n) is 3.44. The average Bonchev–Trinajstić information content (AvgIpc) is 2.74. The third kappa shape index (κ3) is 7.61. The van der Waals surface area contributed by atoms with Gasteiger partial charge >= 0.3 is 0 Å². The van der Waals surface area contributed by atoms with Crippen LogP contribution in [0.4, 0.5) is 0 Å². The summed E-state index contributed by atoms with van der Waals surface area (Å²) >= 11 is 0. The van der Waals surface area contributed by atoms with Crippen LogP contribution < -0.4 is 10.6 Å². The molecule has 2 unspecified atom stereocenters. The highest BCUT2D eigenvalue weighted by atomic mass is 127. The van der Waals surface area contributed by atoms with E-state index in [1.165, 1.54) is 4.90 Å². The van der Waals surface area contributed by atoms with Crippen molar-refractivity contribution in [1.29, 1.82) is 0 Å². The molecule has 2 N–H and O–H groups in total. The number of halogens is 1. The highest BCUT2D eigenvalue weighted by molar-refractivity contribution is 14.0. The number of amides is 1. The summed E-state index contributed by atoms with van der Waals surface area (Å²) < 4.78 is 23.0. The summed E-state index contributed by atoms with van der Waals surface area (Å²) in [6.45, 7) is 4.09. The number of sulfone groups is 1. The molecule has 1 aliphatic heterocycles. The van der Waals surface area contributed by atoms with Crippen molar-refractivity contribution in [2.24, 2.45) is 4.99 Å². The van der Waals surface area contributed by atoms with Gasteiger partial charge in [-0.05, 0) is 19.8 Å². The number of carbonyl (C=O) groups excluding carboxylic acids is 1. The zero-order valence-corrected chi connectivity index (χ0v) is 16.8. The fraction of sp³-hybridized carbons (Fsp3) is 0.846. The normalized spacial score (nSPS) is 21.6. The van der Waals surface area contributed by atoms with Crippen molar-refractivity contribution in [3.8, 4) is 0 Å². The second-order valence-electron chi connectivity index (χ2n) is 5.65. The Hall–Kier alpha value is -0.580. The maximum atomic E-state index is 11.6. The van der Waals surface area contributed by atoms with Crippen molar-refractivity contribution in [3.63, 3.8) is 0 Å².